The molecule has 1 fully saturated rings. The molecule has 3 aromatic rings. The molecule has 3 aliphatic heterocycles. The number of aromatic nitrogens is 1. The van der Waals surface area contributed by atoms with Gasteiger partial charge in [0, 0.05) is 46.6 Å². The highest BCUT2D eigenvalue weighted by Crippen LogP contribution is 2.46. The quantitative estimate of drug-likeness (QED) is 0.498. The molecule has 1 N–H and O–H groups in total. The Bertz CT molecular complexity index is 1500. The molecule has 186 valence electrons. The largest absolute Gasteiger partial charge is 0.502 e. The molecule has 0 bridgehead atoms. The van der Waals surface area contributed by atoms with Crippen molar-refractivity contribution in [1.29, 1.82) is 0 Å². The zero-order chi connectivity index (χ0) is 25.3. The van der Waals surface area contributed by atoms with Gasteiger partial charge < -0.3 is 14.7 Å². The molecule has 6 rings (SSSR count). The molecule has 0 aliphatic carbocycles. The fourth-order valence-electron chi connectivity index (χ4n) is 5.07. The smallest absolute Gasteiger partial charge is 0.278 e. The lowest BCUT2D eigenvalue weighted by Crippen LogP contribution is -2.66. The second kappa shape index (κ2) is 8.27. The Morgan fingerprint density at radius 2 is 1.83 bits per heavy atom. The molecule has 12 heteroatoms. The number of carbonyl (C=O) groups excluding carboxylic acids is 1. The first-order chi connectivity index (χ1) is 17.3. The van der Waals surface area contributed by atoms with Gasteiger partial charge in [-0.2, -0.15) is 0 Å². The van der Waals surface area contributed by atoms with Crippen LogP contribution < -0.4 is 10.4 Å². The van der Waals surface area contributed by atoms with E-state index in [1.807, 2.05) is 0 Å². The van der Waals surface area contributed by atoms with E-state index >= 15 is 8.78 Å². The molecule has 0 unspecified atom stereocenters. The third-order valence-corrected chi connectivity index (χ3v) is 7.81. The fourth-order valence-corrected chi connectivity index (χ4v) is 6.19. The van der Waals surface area contributed by atoms with Gasteiger partial charge in [-0.1, -0.05) is 6.07 Å². The number of amides is 1. The molecule has 2 aromatic carbocycles. The van der Waals surface area contributed by atoms with E-state index in [2.05, 4.69) is 0 Å². The number of rotatable bonds is 1. The first-order valence-electron chi connectivity index (χ1n) is 11.0. The number of benzene rings is 2. The van der Waals surface area contributed by atoms with Gasteiger partial charge in [-0.25, -0.2) is 17.6 Å². The predicted octanol–water partition coefficient (Wildman–Crippen LogP) is 3.26. The number of fused-ring (bicyclic) bond motifs is 4. The maximum absolute atomic E-state index is 15.1. The van der Waals surface area contributed by atoms with Crippen molar-refractivity contribution >= 4 is 17.7 Å². The average molecular weight is 519 g/mol. The lowest BCUT2D eigenvalue weighted by atomic mass is 9.92. The summed E-state index contributed by atoms with van der Waals surface area (Å²) in [5.41, 5.74) is -0.850. The van der Waals surface area contributed by atoms with E-state index in [0.29, 0.717) is 6.07 Å². The maximum Gasteiger partial charge on any atom is 0.278 e. The SMILES string of the molecule is O=C1c2c(O)c(=O)ccn2N([C@H]2c3ccc(F)c(F)c3CSc3c(F)cc(F)cc32)[C@@H]2COCCN12. The van der Waals surface area contributed by atoms with Crippen LogP contribution in [0.15, 0.2) is 46.2 Å². The topological polar surface area (TPSA) is 75.0 Å². The second-order valence-corrected chi connectivity index (χ2v) is 9.57. The molecule has 1 saturated heterocycles. The van der Waals surface area contributed by atoms with Crippen molar-refractivity contribution in [3.8, 4) is 5.75 Å². The van der Waals surface area contributed by atoms with Crippen molar-refractivity contribution < 1.29 is 32.2 Å². The van der Waals surface area contributed by atoms with Crippen LogP contribution in [-0.2, 0) is 10.5 Å². The predicted molar refractivity (Wildman–Crippen MR) is 120 cm³/mol. The summed E-state index contributed by atoms with van der Waals surface area (Å²) >= 11 is 0.900. The number of hydrogen-bond acceptors (Lipinski definition) is 6. The Morgan fingerprint density at radius 3 is 2.64 bits per heavy atom. The van der Waals surface area contributed by atoms with Gasteiger partial charge in [0.2, 0.25) is 5.43 Å². The van der Waals surface area contributed by atoms with Crippen LogP contribution in [-0.4, -0.2) is 46.5 Å². The zero-order valence-electron chi connectivity index (χ0n) is 18.4. The van der Waals surface area contributed by atoms with Crippen LogP contribution in [0.3, 0.4) is 0 Å². The van der Waals surface area contributed by atoms with E-state index in [-0.39, 0.29) is 52.8 Å². The van der Waals surface area contributed by atoms with E-state index in [0.717, 1.165) is 30.0 Å². The van der Waals surface area contributed by atoms with Crippen LogP contribution in [0.4, 0.5) is 17.6 Å². The highest BCUT2D eigenvalue weighted by molar-refractivity contribution is 7.98. The standard InChI is InChI=1S/C24H17F4N3O4S/c25-11-7-13-20(12-1-2-15(26)19(28)14(12)10-36-23(13)16(27)8-11)31-18-9-35-6-5-29(18)24(34)21-22(33)17(32)3-4-30(21)31/h1-4,7-8,18,20,33H,5-6,9-10H2/t18-,20+/m1/s1. The maximum atomic E-state index is 15.1. The Labute approximate surface area is 205 Å². The zero-order valence-corrected chi connectivity index (χ0v) is 19.2. The third-order valence-electron chi connectivity index (χ3n) is 6.66. The Balaban J connectivity index is 1.70. The summed E-state index contributed by atoms with van der Waals surface area (Å²) in [6.07, 6.45) is 0.405. The summed E-state index contributed by atoms with van der Waals surface area (Å²) in [5.74, 6) is -5.52. The van der Waals surface area contributed by atoms with Crippen molar-refractivity contribution in [2.45, 2.75) is 22.9 Å². The molecule has 4 heterocycles. The average Bonchev–Trinajstić information content (AvgIpc) is 3.01. The van der Waals surface area contributed by atoms with Crippen molar-refractivity contribution in [2.24, 2.45) is 0 Å². The molecule has 2 atom stereocenters. The van der Waals surface area contributed by atoms with Crippen molar-refractivity contribution in [3.05, 3.63) is 92.4 Å². The minimum atomic E-state index is -1.15. The summed E-state index contributed by atoms with van der Waals surface area (Å²) in [4.78, 5) is 27.0. The van der Waals surface area contributed by atoms with Crippen molar-refractivity contribution in [1.82, 2.24) is 9.58 Å². The molecule has 3 aliphatic rings. The first kappa shape index (κ1) is 22.9. The summed E-state index contributed by atoms with van der Waals surface area (Å²) in [5, 5.41) is 12.1. The molecule has 7 nitrogen and oxygen atoms in total. The van der Waals surface area contributed by atoms with E-state index in [1.54, 1.807) is 0 Å². The number of hydrogen-bond donors (Lipinski definition) is 1. The number of morpholine rings is 1. The van der Waals surface area contributed by atoms with Crippen molar-refractivity contribution in [3.63, 3.8) is 0 Å². The van der Waals surface area contributed by atoms with Gasteiger partial charge in [-0.15, -0.1) is 11.8 Å². The van der Waals surface area contributed by atoms with Gasteiger partial charge in [0.15, 0.2) is 23.1 Å². The number of carbonyl (C=O) groups is 1. The number of thioether (sulfide) groups is 1. The van der Waals surface area contributed by atoms with Crippen LogP contribution in [0, 0.1) is 23.3 Å². The van der Waals surface area contributed by atoms with Crippen LogP contribution in [0.25, 0.3) is 0 Å². The summed E-state index contributed by atoms with van der Waals surface area (Å²) in [7, 11) is 0. The van der Waals surface area contributed by atoms with Crippen LogP contribution in [0.2, 0.25) is 0 Å². The Morgan fingerprint density at radius 1 is 1.03 bits per heavy atom. The van der Waals surface area contributed by atoms with Gasteiger partial charge >= 0.3 is 0 Å². The Hall–Kier alpha value is -3.51. The van der Waals surface area contributed by atoms with E-state index in [1.165, 1.54) is 26.8 Å². The molecule has 0 saturated carbocycles. The van der Waals surface area contributed by atoms with Gasteiger partial charge in [0.05, 0.1) is 19.3 Å². The highest BCUT2D eigenvalue weighted by atomic mass is 32.2. The van der Waals surface area contributed by atoms with E-state index in [9.17, 15) is 23.5 Å². The number of halogens is 4. The number of aromatic hydroxyl groups is 1. The highest BCUT2D eigenvalue weighted by Gasteiger charge is 2.46. The van der Waals surface area contributed by atoms with Crippen molar-refractivity contribution in [2.75, 3.05) is 24.8 Å². The lowest BCUT2D eigenvalue weighted by molar-refractivity contribution is -0.0198. The number of pyridine rings is 1. The number of ether oxygens (including phenoxy) is 1. The molecule has 0 radical (unpaired) electrons. The Kier molecular flexibility index (Phi) is 5.27. The molecule has 1 aromatic heterocycles. The van der Waals surface area contributed by atoms with Gasteiger partial charge in [-0.3, -0.25) is 19.3 Å². The van der Waals surface area contributed by atoms with Gasteiger partial charge in [-0.05, 0) is 17.7 Å². The van der Waals surface area contributed by atoms with Crippen LogP contribution >= 0.6 is 11.8 Å². The number of nitrogens with zero attached hydrogens (tertiary/aromatic N) is 3. The minimum absolute atomic E-state index is 0.0200. The normalized spacial score (nSPS) is 20.8. The summed E-state index contributed by atoms with van der Waals surface area (Å²) in [6.45, 7) is 0.275. The first-order valence-corrected chi connectivity index (χ1v) is 12.0. The van der Waals surface area contributed by atoms with E-state index < -0.39 is 52.6 Å². The molecule has 36 heavy (non-hydrogen) atoms. The minimum Gasteiger partial charge on any atom is -0.502 e. The molecular weight excluding hydrogens is 502 g/mol. The molecule has 0 spiro atoms. The molecular formula is C24H17F4N3O4S. The lowest BCUT2D eigenvalue weighted by Gasteiger charge is -2.51. The van der Waals surface area contributed by atoms with Crippen LogP contribution in [0.1, 0.15) is 33.2 Å². The summed E-state index contributed by atoms with van der Waals surface area (Å²) in [6, 6.07) is 3.99. The van der Waals surface area contributed by atoms with Gasteiger partial charge in [0.25, 0.3) is 5.91 Å². The fraction of sp³-hybridized carbons (Fsp3) is 0.250. The summed E-state index contributed by atoms with van der Waals surface area (Å²) < 4.78 is 65.8. The van der Waals surface area contributed by atoms with Gasteiger partial charge in [0.1, 0.15) is 17.8 Å². The monoisotopic (exact) mass is 519 g/mol. The second-order valence-electron chi connectivity index (χ2n) is 8.58. The van der Waals surface area contributed by atoms with E-state index in [4.69, 9.17) is 4.74 Å². The third kappa shape index (κ3) is 3.24. The van der Waals surface area contributed by atoms with Crippen LogP contribution in [0.5, 0.6) is 5.75 Å². The molecule has 1 amide bonds.